The van der Waals surface area contributed by atoms with Crippen LogP contribution in [-0.2, 0) is 0 Å². The van der Waals surface area contributed by atoms with Gasteiger partial charge >= 0.3 is 0 Å². The molecule has 0 spiro atoms. The first-order valence-electron chi connectivity index (χ1n) is 6.73. The van der Waals surface area contributed by atoms with Crippen LogP contribution < -0.4 is 5.32 Å². The highest BCUT2D eigenvalue weighted by atomic mass is 79.9. The minimum Gasteiger partial charge on any atom is -0.508 e. The van der Waals surface area contributed by atoms with Gasteiger partial charge in [-0.3, -0.25) is 0 Å². The number of phenolic OH excluding ortho intramolecular Hbond substituents is 1. The van der Waals surface area contributed by atoms with Gasteiger partial charge in [0.15, 0.2) is 5.82 Å². The van der Waals surface area contributed by atoms with Crippen molar-refractivity contribution in [3.8, 4) is 17.1 Å². The molecule has 4 nitrogen and oxygen atoms in total. The number of nitrogens with zero attached hydrogens (tertiary/aromatic N) is 2. The van der Waals surface area contributed by atoms with E-state index in [0.29, 0.717) is 23.8 Å². The van der Waals surface area contributed by atoms with Crippen LogP contribution in [0.3, 0.4) is 0 Å². The lowest BCUT2D eigenvalue weighted by atomic mass is 10.1. The number of aromatic nitrogens is 2. The topological polar surface area (TPSA) is 58.0 Å². The molecule has 1 aromatic heterocycles. The van der Waals surface area contributed by atoms with Gasteiger partial charge in [0.05, 0.1) is 10.2 Å². The third-order valence-electron chi connectivity index (χ3n) is 2.91. The van der Waals surface area contributed by atoms with Crippen molar-refractivity contribution in [3.05, 3.63) is 34.2 Å². The summed E-state index contributed by atoms with van der Waals surface area (Å²) in [4.78, 5) is 8.90. The standard InChI is InChI=1S/C15H17BrFN3O/c1-4-18-15-12(16)13(8(2)3)19-14(20-15)9-5-10(17)7-11(21)6-9/h5-8,21H,4H2,1-3H3,(H,18,19,20). The Balaban J connectivity index is 2.62. The molecule has 0 saturated heterocycles. The Labute approximate surface area is 131 Å². The van der Waals surface area contributed by atoms with E-state index in [-0.39, 0.29) is 11.7 Å². The van der Waals surface area contributed by atoms with Crippen molar-refractivity contribution in [2.45, 2.75) is 26.7 Å². The van der Waals surface area contributed by atoms with Crippen LogP contribution in [0.4, 0.5) is 10.2 Å². The molecule has 0 radical (unpaired) electrons. The van der Waals surface area contributed by atoms with Crippen LogP contribution in [0.15, 0.2) is 22.7 Å². The Hall–Kier alpha value is -1.69. The fourth-order valence-corrected chi connectivity index (χ4v) is 2.74. The maximum absolute atomic E-state index is 13.5. The quantitative estimate of drug-likeness (QED) is 0.859. The summed E-state index contributed by atoms with van der Waals surface area (Å²) in [5.74, 6) is 0.559. The Bertz CT molecular complexity index is 641. The van der Waals surface area contributed by atoms with E-state index >= 15 is 0 Å². The molecule has 0 saturated carbocycles. The Morgan fingerprint density at radius 2 is 2.00 bits per heavy atom. The lowest BCUT2D eigenvalue weighted by molar-refractivity contribution is 0.469. The molecule has 21 heavy (non-hydrogen) atoms. The van der Waals surface area contributed by atoms with Gasteiger partial charge in [-0.05, 0) is 40.9 Å². The summed E-state index contributed by atoms with van der Waals surface area (Å²) >= 11 is 3.51. The molecule has 0 amide bonds. The second kappa shape index (κ2) is 6.39. The largest absolute Gasteiger partial charge is 0.508 e. The highest BCUT2D eigenvalue weighted by Crippen LogP contribution is 2.32. The number of anilines is 1. The number of hydrogen-bond acceptors (Lipinski definition) is 4. The number of phenols is 1. The van der Waals surface area contributed by atoms with E-state index in [2.05, 4.69) is 31.2 Å². The van der Waals surface area contributed by atoms with Crippen molar-refractivity contribution >= 4 is 21.7 Å². The van der Waals surface area contributed by atoms with Crippen molar-refractivity contribution in [1.29, 1.82) is 0 Å². The minimum atomic E-state index is -0.521. The zero-order chi connectivity index (χ0) is 15.6. The van der Waals surface area contributed by atoms with Crippen LogP contribution in [0.2, 0.25) is 0 Å². The first kappa shape index (κ1) is 15.7. The summed E-state index contributed by atoms with van der Waals surface area (Å²) in [5.41, 5.74) is 1.28. The number of rotatable bonds is 4. The van der Waals surface area contributed by atoms with Gasteiger partial charge in [-0.1, -0.05) is 13.8 Å². The van der Waals surface area contributed by atoms with Crippen LogP contribution in [0.25, 0.3) is 11.4 Å². The molecule has 0 fully saturated rings. The fourth-order valence-electron chi connectivity index (χ4n) is 1.96. The van der Waals surface area contributed by atoms with Crippen LogP contribution in [0.5, 0.6) is 5.75 Å². The molecule has 1 heterocycles. The van der Waals surface area contributed by atoms with Gasteiger partial charge in [0, 0.05) is 18.2 Å². The van der Waals surface area contributed by atoms with E-state index in [1.165, 1.54) is 12.1 Å². The molecule has 2 aromatic rings. The summed E-state index contributed by atoms with van der Waals surface area (Å²) in [7, 11) is 0. The molecule has 2 N–H and O–H groups in total. The molecule has 112 valence electrons. The van der Waals surface area contributed by atoms with Crippen molar-refractivity contribution in [1.82, 2.24) is 9.97 Å². The van der Waals surface area contributed by atoms with Gasteiger partial charge in [0.25, 0.3) is 0 Å². The number of benzene rings is 1. The molecule has 0 atom stereocenters. The first-order valence-corrected chi connectivity index (χ1v) is 7.53. The molecule has 0 aliphatic rings. The SMILES string of the molecule is CCNc1nc(-c2cc(O)cc(F)c2)nc(C(C)C)c1Br. The molecule has 0 bridgehead atoms. The lowest BCUT2D eigenvalue weighted by Gasteiger charge is -2.14. The lowest BCUT2D eigenvalue weighted by Crippen LogP contribution is -2.07. The van der Waals surface area contributed by atoms with Crippen LogP contribution >= 0.6 is 15.9 Å². The summed E-state index contributed by atoms with van der Waals surface area (Å²) in [6, 6.07) is 3.81. The van der Waals surface area contributed by atoms with Gasteiger partial charge in [-0.2, -0.15) is 0 Å². The predicted molar refractivity (Wildman–Crippen MR) is 85.0 cm³/mol. The third-order valence-corrected chi connectivity index (χ3v) is 3.69. The van der Waals surface area contributed by atoms with E-state index in [9.17, 15) is 9.50 Å². The Morgan fingerprint density at radius 3 is 2.57 bits per heavy atom. The van der Waals surface area contributed by atoms with Gasteiger partial charge in [0.2, 0.25) is 0 Å². The number of hydrogen-bond donors (Lipinski definition) is 2. The summed E-state index contributed by atoms with van der Waals surface area (Å²) in [5, 5.41) is 12.7. The molecule has 1 aromatic carbocycles. The zero-order valence-electron chi connectivity index (χ0n) is 12.1. The molecule has 6 heteroatoms. The molecule has 2 rings (SSSR count). The van der Waals surface area contributed by atoms with E-state index in [1.807, 2.05) is 20.8 Å². The smallest absolute Gasteiger partial charge is 0.162 e. The highest BCUT2D eigenvalue weighted by Gasteiger charge is 2.16. The monoisotopic (exact) mass is 353 g/mol. The van der Waals surface area contributed by atoms with Gasteiger partial charge in [-0.25, -0.2) is 14.4 Å². The van der Waals surface area contributed by atoms with E-state index < -0.39 is 5.82 Å². The van der Waals surface area contributed by atoms with Crippen molar-refractivity contribution in [2.24, 2.45) is 0 Å². The van der Waals surface area contributed by atoms with Gasteiger partial charge in [-0.15, -0.1) is 0 Å². The van der Waals surface area contributed by atoms with Crippen LogP contribution in [0, 0.1) is 5.82 Å². The Kier molecular flexibility index (Phi) is 4.77. The normalized spacial score (nSPS) is 11.0. The highest BCUT2D eigenvalue weighted by molar-refractivity contribution is 9.10. The van der Waals surface area contributed by atoms with Crippen molar-refractivity contribution in [2.75, 3.05) is 11.9 Å². The number of aromatic hydroxyl groups is 1. The maximum Gasteiger partial charge on any atom is 0.162 e. The zero-order valence-corrected chi connectivity index (χ0v) is 13.7. The molecule has 0 unspecified atom stereocenters. The molecular weight excluding hydrogens is 337 g/mol. The second-order valence-corrected chi connectivity index (χ2v) is 5.77. The van der Waals surface area contributed by atoms with Crippen molar-refractivity contribution in [3.63, 3.8) is 0 Å². The number of nitrogens with one attached hydrogen (secondary N) is 1. The minimum absolute atomic E-state index is 0.146. The average molecular weight is 354 g/mol. The van der Waals surface area contributed by atoms with E-state index in [0.717, 1.165) is 16.2 Å². The second-order valence-electron chi connectivity index (χ2n) is 4.98. The first-order chi connectivity index (χ1) is 9.92. The number of halogens is 2. The van der Waals surface area contributed by atoms with Gasteiger partial charge in [0.1, 0.15) is 17.4 Å². The fraction of sp³-hybridized carbons (Fsp3) is 0.333. The average Bonchev–Trinajstić information content (AvgIpc) is 2.39. The third kappa shape index (κ3) is 3.50. The summed E-state index contributed by atoms with van der Waals surface area (Å²) < 4.78 is 14.3. The molecular formula is C15H17BrFN3O. The van der Waals surface area contributed by atoms with E-state index in [1.54, 1.807) is 0 Å². The predicted octanol–water partition coefficient (Wildman–Crippen LogP) is 4.31. The Morgan fingerprint density at radius 1 is 1.29 bits per heavy atom. The molecule has 0 aliphatic heterocycles. The van der Waals surface area contributed by atoms with Gasteiger partial charge < -0.3 is 10.4 Å². The van der Waals surface area contributed by atoms with Crippen molar-refractivity contribution < 1.29 is 9.50 Å². The van der Waals surface area contributed by atoms with Crippen LogP contribution in [0.1, 0.15) is 32.4 Å². The van der Waals surface area contributed by atoms with Crippen LogP contribution in [-0.4, -0.2) is 21.6 Å². The molecule has 0 aliphatic carbocycles. The van der Waals surface area contributed by atoms with E-state index in [4.69, 9.17) is 0 Å². The maximum atomic E-state index is 13.5. The summed E-state index contributed by atoms with van der Waals surface area (Å²) in [6.45, 7) is 6.73. The summed E-state index contributed by atoms with van der Waals surface area (Å²) in [6.07, 6.45) is 0.